The van der Waals surface area contributed by atoms with Crippen LogP contribution in [0.25, 0.3) is 0 Å². The van der Waals surface area contributed by atoms with Gasteiger partial charge in [-0.1, -0.05) is 12.1 Å². The quantitative estimate of drug-likeness (QED) is 0.753. The first-order chi connectivity index (χ1) is 8.84. The van der Waals surface area contributed by atoms with Crippen LogP contribution in [0.2, 0.25) is 0 Å². The lowest BCUT2D eigenvalue weighted by Gasteiger charge is -2.29. The Kier molecular flexibility index (Phi) is 2.86. The average Bonchev–Trinajstić information content (AvgIpc) is 2.40. The van der Waals surface area contributed by atoms with E-state index in [0.29, 0.717) is 5.75 Å². The van der Waals surface area contributed by atoms with Crippen LogP contribution in [0.4, 0.5) is 5.69 Å². The van der Waals surface area contributed by atoms with E-state index in [4.69, 9.17) is 0 Å². The predicted molar refractivity (Wildman–Crippen MR) is 70.4 cm³/mol. The van der Waals surface area contributed by atoms with E-state index in [1.54, 1.807) is 18.5 Å². The first kappa shape index (κ1) is 11.0. The zero-order valence-electron chi connectivity index (χ0n) is 9.93. The van der Waals surface area contributed by atoms with Gasteiger partial charge in [0, 0.05) is 30.2 Å². The molecule has 0 saturated heterocycles. The van der Waals surface area contributed by atoms with E-state index in [0.717, 1.165) is 24.2 Å². The van der Waals surface area contributed by atoms with E-state index in [1.807, 2.05) is 18.2 Å². The maximum Gasteiger partial charge on any atom is 0.122 e. The molecule has 1 aromatic carbocycles. The fourth-order valence-corrected chi connectivity index (χ4v) is 2.34. The Bertz CT molecular complexity index is 542. The summed E-state index contributed by atoms with van der Waals surface area (Å²) in [6.07, 6.45) is 4.38. The van der Waals surface area contributed by atoms with E-state index in [1.165, 1.54) is 5.56 Å². The summed E-state index contributed by atoms with van der Waals surface area (Å²) in [5.74, 6) is 0.339. The van der Waals surface area contributed by atoms with Crippen molar-refractivity contribution in [1.82, 2.24) is 10.3 Å². The highest BCUT2D eigenvalue weighted by Gasteiger charge is 2.22. The zero-order valence-corrected chi connectivity index (χ0v) is 9.93. The fraction of sp³-hybridized carbons (Fsp3) is 0.214. The molecule has 4 nitrogen and oxygen atoms in total. The van der Waals surface area contributed by atoms with Crippen LogP contribution < -0.4 is 10.6 Å². The number of nitrogens with one attached hydrogen (secondary N) is 2. The predicted octanol–water partition coefficient (Wildman–Crippen LogP) is 2.04. The molecule has 2 aromatic rings. The summed E-state index contributed by atoms with van der Waals surface area (Å²) < 4.78 is 0. The van der Waals surface area contributed by atoms with Gasteiger partial charge in [0.15, 0.2) is 0 Å². The van der Waals surface area contributed by atoms with Crippen molar-refractivity contribution in [3.8, 4) is 5.75 Å². The van der Waals surface area contributed by atoms with Crippen LogP contribution in [0.3, 0.4) is 0 Å². The number of aromatic hydroxyl groups is 1. The van der Waals surface area contributed by atoms with E-state index in [9.17, 15) is 5.11 Å². The van der Waals surface area contributed by atoms with E-state index in [-0.39, 0.29) is 6.17 Å². The largest absolute Gasteiger partial charge is 0.508 e. The number of aromatic nitrogens is 1. The number of fused-ring (bicyclic) bond motifs is 1. The molecule has 1 aliphatic heterocycles. The fourth-order valence-electron chi connectivity index (χ4n) is 2.34. The molecule has 1 unspecified atom stereocenters. The van der Waals surface area contributed by atoms with Crippen molar-refractivity contribution in [2.45, 2.75) is 12.6 Å². The van der Waals surface area contributed by atoms with Crippen LogP contribution in [0, 0.1) is 0 Å². The minimum atomic E-state index is -0.0580. The molecule has 4 heteroatoms. The summed E-state index contributed by atoms with van der Waals surface area (Å²) in [6.45, 7) is 0.902. The van der Waals surface area contributed by atoms with Gasteiger partial charge < -0.3 is 10.4 Å². The van der Waals surface area contributed by atoms with Crippen molar-refractivity contribution in [3.63, 3.8) is 0 Å². The van der Waals surface area contributed by atoms with Crippen molar-refractivity contribution in [3.05, 3.63) is 53.9 Å². The van der Waals surface area contributed by atoms with Gasteiger partial charge in [-0.05, 0) is 30.2 Å². The van der Waals surface area contributed by atoms with Gasteiger partial charge in [-0.3, -0.25) is 10.3 Å². The Labute approximate surface area is 106 Å². The molecule has 3 rings (SSSR count). The third-order valence-corrected chi connectivity index (χ3v) is 3.20. The highest BCUT2D eigenvalue weighted by Crippen LogP contribution is 2.31. The van der Waals surface area contributed by atoms with Gasteiger partial charge in [0.2, 0.25) is 0 Å². The number of benzene rings is 1. The summed E-state index contributed by atoms with van der Waals surface area (Å²) in [4.78, 5) is 3.99. The standard InChI is InChI=1S/C14H15N3O/c18-12-3-1-2-10-4-9-16-14(13(10)12)17-11-5-7-15-8-6-11/h1-3,5-8,14,16,18H,4,9H2,(H,15,17). The second-order valence-corrected chi connectivity index (χ2v) is 4.37. The highest BCUT2D eigenvalue weighted by molar-refractivity contribution is 5.49. The minimum Gasteiger partial charge on any atom is -0.508 e. The molecular weight excluding hydrogens is 226 g/mol. The summed E-state index contributed by atoms with van der Waals surface area (Å²) in [5.41, 5.74) is 3.12. The van der Waals surface area contributed by atoms with Gasteiger partial charge in [0.05, 0.1) is 0 Å². The normalized spacial score (nSPS) is 18.1. The first-order valence-corrected chi connectivity index (χ1v) is 6.05. The van der Waals surface area contributed by atoms with Crippen LogP contribution >= 0.6 is 0 Å². The Hall–Kier alpha value is -2.07. The van der Waals surface area contributed by atoms with Crippen LogP contribution in [0.5, 0.6) is 5.75 Å². The first-order valence-electron chi connectivity index (χ1n) is 6.05. The molecule has 0 amide bonds. The number of phenols is 1. The number of hydrogen-bond acceptors (Lipinski definition) is 4. The third-order valence-electron chi connectivity index (χ3n) is 3.20. The van der Waals surface area contributed by atoms with Crippen LogP contribution in [0.15, 0.2) is 42.7 Å². The molecule has 0 aliphatic carbocycles. The van der Waals surface area contributed by atoms with Gasteiger partial charge in [-0.25, -0.2) is 0 Å². The Balaban J connectivity index is 1.92. The molecule has 0 spiro atoms. The molecule has 3 N–H and O–H groups in total. The lowest BCUT2D eigenvalue weighted by atomic mass is 9.97. The molecule has 1 aromatic heterocycles. The molecule has 1 atom stereocenters. The van der Waals surface area contributed by atoms with Crippen molar-refractivity contribution in [2.75, 3.05) is 11.9 Å². The molecular formula is C14H15N3O. The number of rotatable bonds is 2. The van der Waals surface area contributed by atoms with E-state index >= 15 is 0 Å². The maximum atomic E-state index is 10.0. The number of hydrogen-bond donors (Lipinski definition) is 3. The van der Waals surface area contributed by atoms with Gasteiger partial charge in [-0.15, -0.1) is 0 Å². The number of phenolic OH excluding ortho intramolecular Hbond substituents is 1. The molecule has 18 heavy (non-hydrogen) atoms. The Morgan fingerprint density at radius 1 is 1.22 bits per heavy atom. The van der Waals surface area contributed by atoms with Crippen LogP contribution in [-0.4, -0.2) is 16.6 Å². The zero-order chi connectivity index (χ0) is 12.4. The molecule has 0 radical (unpaired) electrons. The summed E-state index contributed by atoms with van der Waals surface area (Å²) in [6, 6.07) is 9.51. The van der Waals surface area contributed by atoms with Crippen LogP contribution in [0.1, 0.15) is 17.3 Å². The SMILES string of the molecule is Oc1cccc2c1C(Nc1ccncc1)NCC2. The minimum absolute atomic E-state index is 0.0580. The molecule has 2 heterocycles. The molecule has 0 saturated carbocycles. The smallest absolute Gasteiger partial charge is 0.122 e. The monoisotopic (exact) mass is 241 g/mol. The van der Waals surface area contributed by atoms with Gasteiger partial charge in [0.25, 0.3) is 0 Å². The summed E-state index contributed by atoms with van der Waals surface area (Å²) in [7, 11) is 0. The van der Waals surface area contributed by atoms with Crippen LogP contribution in [-0.2, 0) is 6.42 Å². The number of nitrogens with zero attached hydrogens (tertiary/aromatic N) is 1. The molecule has 92 valence electrons. The van der Waals surface area contributed by atoms with E-state index < -0.39 is 0 Å². The maximum absolute atomic E-state index is 10.0. The van der Waals surface area contributed by atoms with Gasteiger partial charge in [-0.2, -0.15) is 0 Å². The molecule has 0 fully saturated rings. The van der Waals surface area contributed by atoms with Gasteiger partial charge >= 0.3 is 0 Å². The Morgan fingerprint density at radius 3 is 2.89 bits per heavy atom. The lowest BCUT2D eigenvalue weighted by Crippen LogP contribution is -2.34. The highest BCUT2D eigenvalue weighted by atomic mass is 16.3. The number of anilines is 1. The summed E-state index contributed by atoms with van der Waals surface area (Å²) >= 11 is 0. The van der Waals surface area contributed by atoms with E-state index in [2.05, 4.69) is 21.7 Å². The van der Waals surface area contributed by atoms with Gasteiger partial charge in [0.1, 0.15) is 11.9 Å². The lowest BCUT2D eigenvalue weighted by molar-refractivity contribution is 0.445. The third kappa shape index (κ3) is 2.02. The van der Waals surface area contributed by atoms with Crippen molar-refractivity contribution < 1.29 is 5.11 Å². The molecule has 0 bridgehead atoms. The second kappa shape index (κ2) is 4.66. The van der Waals surface area contributed by atoms with Crippen molar-refractivity contribution in [2.24, 2.45) is 0 Å². The van der Waals surface area contributed by atoms with Crippen molar-refractivity contribution >= 4 is 5.69 Å². The topological polar surface area (TPSA) is 57.2 Å². The Morgan fingerprint density at radius 2 is 2.06 bits per heavy atom. The second-order valence-electron chi connectivity index (χ2n) is 4.37. The average molecular weight is 241 g/mol. The molecule has 1 aliphatic rings. The van der Waals surface area contributed by atoms with Crippen molar-refractivity contribution in [1.29, 1.82) is 0 Å². The number of pyridine rings is 1. The summed E-state index contributed by atoms with van der Waals surface area (Å²) in [5, 5.41) is 16.8.